The fourth-order valence-corrected chi connectivity index (χ4v) is 3.08. The highest BCUT2D eigenvalue weighted by Gasteiger charge is 2.17. The van der Waals surface area contributed by atoms with Crippen molar-refractivity contribution in [3.8, 4) is 0 Å². The zero-order chi connectivity index (χ0) is 14.1. The van der Waals surface area contributed by atoms with E-state index in [9.17, 15) is 0 Å². The Balaban J connectivity index is 1.98. The minimum atomic E-state index is 1.09. The monoisotopic (exact) mass is 272 g/mol. The van der Waals surface area contributed by atoms with Gasteiger partial charge in [0.2, 0.25) is 0 Å². The van der Waals surface area contributed by atoms with Crippen LogP contribution in [0.15, 0.2) is 60.9 Å². The van der Waals surface area contributed by atoms with Crippen LogP contribution in [-0.4, -0.2) is 10.2 Å². The van der Waals surface area contributed by atoms with E-state index in [0.717, 1.165) is 18.4 Å². The van der Waals surface area contributed by atoms with E-state index in [0.29, 0.717) is 0 Å². The van der Waals surface area contributed by atoms with Crippen LogP contribution in [0.4, 0.5) is 0 Å². The minimum absolute atomic E-state index is 1.09. The van der Waals surface area contributed by atoms with Gasteiger partial charge in [0.05, 0.1) is 6.20 Å². The summed E-state index contributed by atoms with van der Waals surface area (Å²) in [6.45, 7) is 0. The Morgan fingerprint density at radius 2 is 1.48 bits per heavy atom. The van der Waals surface area contributed by atoms with Gasteiger partial charge in [-0.1, -0.05) is 48.5 Å². The number of nitrogens with one attached hydrogen (secondary N) is 1. The molecule has 21 heavy (non-hydrogen) atoms. The SMILES string of the molecule is C(=C1c2ccccc2CCc2ccccc21)c1cn[nH]c1. The van der Waals surface area contributed by atoms with Gasteiger partial charge in [0, 0.05) is 11.8 Å². The maximum Gasteiger partial charge on any atom is 0.0559 e. The van der Waals surface area contributed by atoms with E-state index in [1.54, 1.807) is 0 Å². The molecule has 1 aromatic heterocycles. The molecule has 0 radical (unpaired) electrons. The van der Waals surface area contributed by atoms with Gasteiger partial charge in [-0.2, -0.15) is 5.10 Å². The molecule has 0 aliphatic heterocycles. The van der Waals surface area contributed by atoms with Crippen LogP contribution in [0.2, 0.25) is 0 Å². The molecule has 2 nitrogen and oxygen atoms in total. The molecule has 0 fully saturated rings. The predicted molar refractivity (Wildman–Crippen MR) is 85.9 cm³/mol. The summed E-state index contributed by atoms with van der Waals surface area (Å²) in [5.74, 6) is 0. The van der Waals surface area contributed by atoms with E-state index >= 15 is 0 Å². The number of hydrogen-bond donors (Lipinski definition) is 1. The molecular weight excluding hydrogens is 256 g/mol. The molecule has 0 unspecified atom stereocenters. The van der Waals surface area contributed by atoms with E-state index in [-0.39, 0.29) is 0 Å². The van der Waals surface area contributed by atoms with E-state index in [4.69, 9.17) is 0 Å². The summed E-state index contributed by atoms with van der Waals surface area (Å²) in [5, 5.41) is 6.94. The quantitative estimate of drug-likeness (QED) is 0.710. The lowest BCUT2D eigenvalue weighted by atomic mass is 9.93. The average Bonchev–Trinajstić information content (AvgIpc) is 2.99. The molecule has 4 rings (SSSR count). The van der Waals surface area contributed by atoms with Crippen LogP contribution < -0.4 is 0 Å². The number of nitrogens with zero attached hydrogens (tertiary/aromatic N) is 1. The molecule has 1 heterocycles. The third-order valence-corrected chi connectivity index (χ3v) is 4.11. The third kappa shape index (κ3) is 2.19. The number of rotatable bonds is 1. The number of aryl methyl sites for hydroxylation is 2. The molecule has 0 spiro atoms. The standard InChI is InChI=1S/C19H16N2/c1-3-7-17-15(5-1)9-10-16-6-2-4-8-18(16)19(17)11-14-12-20-21-13-14/h1-8,11-13H,9-10H2,(H,20,21). The van der Waals surface area contributed by atoms with Crippen molar-refractivity contribution < 1.29 is 0 Å². The fourth-order valence-electron chi connectivity index (χ4n) is 3.08. The van der Waals surface area contributed by atoms with Gasteiger partial charge >= 0.3 is 0 Å². The maximum atomic E-state index is 4.05. The fraction of sp³-hybridized carbons (Fsp3) is 0.105. The maximum absolute atomic E-state index is 4.05. The molecule has 1 aliphatic rings. The Morgan fingerprint density at radius 3 is 2.05 bits per heavy atom. The zero-order valence-corrected chi connectivity index (χ0v) is 11.7. The molecule has 0 bridgehead atoms. The Kier molecular flexibility index (Phi) is 2.93. The van der Waals surface area contributed by atoms with Crippen molar-refractivity contribution in [1.29, 1.82) is 0 Å². The largest absolute Gasteiger partial charge is 0.285 e. The van der Waals surface area contributed by atoms with Gasteiger partial charge in [0.1, 0.15) is 0 Å². The first-order valence-corrected chi connectivity index (χ1v) is 7.29. The topological polar surface area (TPSA) is 28.7 Å². The molecule has 102 valence electrons. The molecular formula is C19H16N2. The van der Waals surface area contributed by atoms with Crippen LogP contribution >= 0.6 is 0 Å². The van der Waals surface area contributed by atoms with Crippen LogP contribution in [0.25, 0.3) is 11.6 Å². The second kappa shape index (κ2) is 5.06. The average molecular weight is 272 g/mol. The third-order valence-electron chi connectivity index (χ3n) is 4.11. The van der Waals surface area contributed by atoms with E-state index < -0.39 is 0 Å². The summed E-state index contributed by atoms with van der Waals surface area (Å²) < 4.78 is 0. The van der Waals surface area contributed by atoms with Gasteiger partial charge in [-0.3, -0.25) is 5.10 Å². The first-order valence-electron chi connectivity index (χ1n) is 7.29. The summed E-state index contributed by atoms with van der Waals surface area (Å²) in [5.41, 5.74) is 7.91. The Morgan fingerprint density at radius 1 is 0.857 bits per heavy atom. The van der Waals surface area contributed by atoms with E-state index in [1.165, 1.54) is 27.8 Å². The number of hydrogen-bond acceptors (Lipinski definition) is 1. The van der Waals surface area contributed by atoms with Gasteiger partial charge in [-0.15, -0.1) is 0 Å². The van der Waals surface area contributed by atoms with Crippen molar-refractivity contribution in [2.45, 2.75) is 12.8 Å². The van der Waals surface area contributed by atoms with Gasteiger partial charge in [0.15, 0.2) is 0 Å². The molecule has 0 amide bonds. The summed E-state index contributed by atoms with van der Waals surface area (Å²) in [6.07, 6.45) is 8.21. The lowest BCUT2D eigenvalue weighted by Crippen LogP contribution is -1.91. The number of aromatic nitrogens is 2. The Hall–Kier alpha value is -2.61. The second-order valence-corrected chi connectivity index (χ2v) is 5.40. The van der Waals surface area contributed by atoms with Gasteiger partial charge in [-0.05, 0) is 46.7 Å². The highest BCUT2D eigenvalue weighted by Crippen LogP contribution is 2.34. The molecule has 0 atom stereocenters. The summed E-state index contributed by atoms with van der Waals surface area (Å²) in [7, 11) is 0. The summed E-state index contributed by atoms with van der Waals surface area (Å²) in [4.78, 5) is 0. The highest BCUT2D eigenvalue weighted by atomic mass is 15.1. The van der Waals surface area contributed by atoms with Crippen molar-refractivity contribution in [1.82, 2.24) is 10.2 Å². The normalized spacial score (nSPS) is 13.2. The van der Waals surface area contributed by atoms with Gasteiger partial charge in [-0.25, -0.2) is 0 Å². The van der Waals surface area contributed by atoms with Crippen LogP contribution in [0.1, 0.15) is 27.8 Å². The predicted octanol–water partition coefficient (Wildman–Crippen LogP) is 4.10. The van der Waals surface area contributed by atoms with E-state index in [1.807, 2.05) is 12.4 Å². The minimum Gasteiger partial charge on any atom is -0.285 e. The van der Waals surface area contributed by atoms with Gasteiger partial charge in [0.25, 0.3) is 0 Å². The van der Waals surface area contributed by atoms with Crippen molar-refractivity contribution in [3.63, 3.8) is 0 Å². The van der Waals surface area contributed by atoms with Crippen LogP contribution in [-0.2, 0) is 12.8 Å². The Labute approximate surface area is 124 Å². The molecule has 0 saturated carbocycles. The van der Waals surface area contributed by atoms with Crippen LogP contribution in [0.3, 0.4) is 0 Å². The van der Waals surface area contributed by atoms with Crippen molar-refractivity contribution in [3.05, 3.63) is 88.7 Å². The van der Waals surface area contributed by atoms with Crippen molar-refractivity contribution in [2.24, 2.45) is 0 Å². The molecule has 2 heteroatoms. The lowest BCUT2D eigenvalue weighted by molar-refractivity contribution is 0.965. The number of fused-ring (bicyclic) bond motifs is 2. The molecule has 1 aliphatic carbocycles. The molecule has 0 saturated heterocycles. The first-order chi connectivity index (χ1) is 10.4. The summed E-state index contributed by atoms with van der Waals surface area (Å²) in [6, 6.07) is 17.4. The van der Waals surface area contributed by atoms with Crippen molar-refractivity contribution in [2.75, 3.05) is 0 Å². The van der Waals surface area contributed by atoms with Crippen LogP contribution in [0, 0.1) is 0 Å². The molecule has 3 aromatic rings. The lowest BCUT2D eigenvalue weighted by Gasteiger charge is -2.11. The zero-order valence-electron chi connectivity index (χ0n) is 11.7. The van der Waals surface area contributed by atoms with Crippen LogP contribution in [0.5, 0.6) is 0 Å². The Bertz CT molecular complexity index is 748. The van der Waals surface area contributed by atoms with E-state index in [2.05, 4.69) is 64.8 Å². The van der Waals surface area contributed by atoms with Gasteiger partial charge < -0.3 is 0 Å². The molecule has 2 aromatic carbocycles. The summed E-state index contributed by atoms with van der Waals surface area (Å²) >= 11 is 0. The first kappa shape index (κ1) is 12.2. The number of benzene rings is 2. The number of aromatic amines is 1. The van der Waals surface area contributed by atoms with Crippen molar-refractivity contribution >= 4 is 11.6 Å². The molecule has 1 N–H and O–H groups in total. The number of H-pyrrole nitrogens is 1. The highest BCUT2D eigenvalue weighted by molar-refractivity contribution is 5.93. The smallest absolute Gasteiger partial charge is 0.0559 e. The second-order valence-electron chi connectivity index (χ2n) is 5.40.